The first-order chi connectivity index (χ1) is 29.9. The van der Waals surface area contributed by atoms with Gasteiger partial charge in [0.15, 0.2) is 0 Å². The van der Waals surface area contributed by atoms with Gasteiger partial charge in [-0.15, -0.1) is 22.7 Å². The Morgan fingerprint density at radius 3 is 1.62 bits per heavy atom. The molecule has 4 aromatic carbocycles. The molecule has 0 aliphatic heterocycles. The molecule has 0 N–H and O–H groups in total. The van der Waals surface area contributed by atoms with Gasteiger partial charge in [0.25, 0.3) is 0 Å². The molecule has 3 aromatic heterocycles. The second kappa shape index (κ2) is 21.9. The van der Waals surface area contributed by atoms with Crippen molar-refractivity contribution in [3.05, 3.63) is 102 Å². The lowest BCUT2D eigenvalue weighted by molar-refractivity contribution is 0.444. The summed E-state index contributed by atoms with van der Waals surface area (Å²) in [4.78, 5) is 5.00. The number of rotatable bonds is 23. The number of hydrogen-bond acceptors (Lipinski definition) is 6. The molecule has 61 heavy (non-hydrogen) atoms. The average molecular weight is 872 g/mol. The molecule has 3 nitrogen and oxygen atoms in total. The number of anilines is 1. The van der Waals surface area contributed by atoms with Gasteiger partial charge in [-0.2, -0.15) is 8.75 Å². The molecule has 0 bridgehead atoms. The molecule has 0 spiro atoms. The summed E-state index contributed by atoms with van der Waals surface area (Å²) < 4.78 is 28.6. The van der Waals surface area contributed by atoms with Crippen LogP contribution < -0.4 is 4.90 Å². The van der Waals surface area contributed by atoms with Crippen LogP contribution in [0.25, 0.3) is 63.6 Å². The van der Waals surface area contributed by atoms with Crippen molar-refractivity contribution in [2.24, 2.45) is 11.8 Å². The van der Waals surface area contributed by atoms with E-state index >= 15 is 4.39 Å². The summed E-state index contributed by atoms with van der Waals surface area (Å²) in [5, 5.41) is 0. The maximum absolute atomic E-state index is 16.5. The monoisotopic (exact) mass is 871 g/mol. The molecule has 0 aliphatic rings. The van der Waals surface area contributed by atoms with E-state index in [9.17, 15) is 0 Å². The quantitative estimate of drug-likeness (QED) is 0.0641. The van der Waals surface area contributed by atoms with E-state index in [0.717, 1.165) is 59.2 Å². The number of thiophene rings is 2. The lowest BCUT2D eigenvalue weighted by Gasteiger charge is -2.24. The standard InChI is InChI=1S/C54H66FN3S3/c1-7-13-17-37(11-5)29-39-31-40(30-38(12-6)18-14-8-2)33-43(32-39)42-21-24-45(48(55)34-42)46-25-26-47(54-53(46)56-61-57-54)50-36-52-51(60-50)35-49(59-52)41-19-22-44(23-20-41)58(27-15-9-3)28-16-10-4/h19-26,31-38H,7-18,27-30H2,1-6H3. The van der Waals surface area contributed by atoms with Gasteiger partial charge >= 0.3 is 0 Å². The van der Waals surface area contributed by atoms with Crippen molar-refractivity contribution >= 4 is 60.5 Å². The zero-order valence-electron chi connectivity index (χ0n) is 37.5. The van der Waals surface area contributed by atoms with E-state index < -0.39 is 0 Å². The van der Waals surface area contributed by atoms with Crippen LogP contribution in [0.5, 0.6) is 0 Å². The molecular weight excluding hydrogens is 806 g/mol. The van der Waals surface area contributed by atoms with Gasteiger partial charge in [0.1, 0.15) is 16.9 Å². The number of aromatic nitrogens is 2. The number of fused-ring (bicyclic) bond motifs is 2. The third-order valence-electron chi connectivity index (χ3n) is 12.7. The zero-order valence-corrected chi connectivity index (χ0v) is 39.9. The third kappa shape index (κ3) is 11.0. The van der Waals surface area contributed by atoms with E-state index in [-0.39, 0.29) is 5.82 Å². The van der Waals surface area contributed by atoms with Crippen LogP contribution in [-0.4, -0.2) is 21.8 Å². The first-order valence-corrected chi connectivity index (χ1v) is 25.8. The Morgan fingerprint density at radius 2 is 1.05 bits per heavy atom. The minimum atomic E-state index is -0.220. The summed E-state index contributed by atoms with van der Waals surface area (Å²) in [5.41, 5.74) is 11.5. The van der Waals surface area contributed by atoms with Crippen LogP contribution in [0.1, 0.15) is 130 Å². The lowest BCUT2D eigenvalue weighted by Crippen LogP contribution is -2.25. The van der Waals surface area contributed by atoms with Gasteiger partial charge in [0.2, 0.25) is 0 Å². The van der Waals surface area contributed by atoms with Crippen molar-refractivity contribution in [1.82, 2.24) is 8.75 Å². The number of benzene rings is 4. The lowest BCUT2D eigenvalue weighted by atomic mass is 9.86. The van der Waals surface area contributed by atoms with Gasteiger partial charge in [0, 0.05) is 54.6 Å². The fraction of sp³-hybridized carbons (Fsp3) is 0.444. The molecular formula is C54H66FN3S3. The van der Waals surface area contributed by atoms with Crippen LogP contribution in [0.3, 0.4) is 0 Å². The Hall–Kier alpha value is -3.91. The largest absolute Gasteiger partial charge is 0.372 e. The van der Waals surface area contributed by atoms with Crippen molar-refractivity contribution in [2.75, 3.05) is 18.0 Å². The second-order valence-electron chi connectivity index (χ2n) is 17.3. The summed E-state index contributed by atoms with van der Waals surface area (Å²) >= 11 is 4.85. The molecule has 0 saturated carbocycles. The van der Waals surface area contributed by atoms with Crippen molar-refractivity contribution in [3.63, 3.8) is 0 Å². The second-order valence-corrected chi connectivity index (χ2v) is 20.0. The molecule has 7 rings (SSSR count). The highest BCUT2D eigenvalue weighted by Crippen LogP contribution is 2.45. The van der Waals surface area contributed by atoms with E-state index in [1.165, 1.54) is 130 Å². The summed E-state index contributed by atoms with van der Waals surface area (Å²) in [5.74, 6) is 1.13. The van der Waals surface area contributed by atoms with Crippen molar-refractivity contribution in [3.8, 4) is 43.1 Å². The molecule has 0 amide bonds. The molecule has 2 unspecified atom stereocenters. The Balaban J connectivity index is 1.14. The number of halogens is 1. The molecule has 2 atom stereocenters. The van der Waals surface area contributed by atoms with Crippen LogP contribution in [0.15, 0.2) is 84.9 Å². The molecule has 0 radical (unpaired) electrons. The molecule has 7 aromatic rings. The van der Waals surface area contributed by atoms with Crippen LogP contribution in [-0.2, 0) is 12.8 Å². The van der Waals surface area contributed by atoms with Crippen molar-refractivity contribution < 1.29 is 4.39 Å². The minimum Gasteiger partial charge on any atom is -0.372 e. The SMILES string of the molecule is CCCCC(CC)Cc1cc(CC(CC)CCCC)cc(-c2ccc(-c3ccc(-c4cc5sc(-c6ccc(N(CCCC)CCCC)cc6)cc5s4)c4nsnc34)c(F)c2)c1. The third-order valence-corrected chi connectivity index (χ3v) is 15.7. The maximum atomic E-state index is 16.5. The van der Waals surface area contributed by atoms with Crippen LogP contribution >= 0.6 is 34.4 Å². The van der Waals surface area contributed by atoms with Gasteiger partial charge < -0.3 is 4.90 Å². The molecule has 7 heteroatoms. The van der Waals surface area contributed by atoms with E-state index in [1.807, 2.05) is 23.5 Å². The average Bonchev–Trinajstić information content (AvgIpc) is 4.03. The van der Waals surface area contributed by atoms with Crippen LogP contribution in [0.2, 0.25) is 0 Å². The predicted octanol–water partition coefficient (Wildman–Crippen LogP) is 17.7. The summed E-state index contributed by atoms with van der Waals surface area (Å²) in [6.45, 7) is 16.0. The van der Waals surface area contributed by atoms with E-state index in [0.29, 0.717) is 17.4 Å². The van der Waals surface area contributed by atoms with E-state index in [1.54, 1.807) is 17.4 Å². The van der Waals surface area contributed by atoms with E-state index in [2.05, 4.69) is 113 Å². The summed E-state index contributed by atoms with van der Waals surface area (Å²) in [6.07, 6.45) is 17.0. The van der Waals surface area contributed by atoms with Gasteiger partial charge in [-0.25, -0.2) is 4.39 Å². The predicted molar refractivity (Wildman–Crippen MR) is 268 cm³/mol. The van der Waals surface area contributed by atoms with Gasteiger partial charge in [0.05, 0.1) is 11.7 Å². The first kappa shape index (κ1) is 45.1. The fourth-order valence-corrected chi connectivity index (χ4v) is 11.9. The van der Waals surface area contributed by atoms with E-state index in [4.69, 9.17) is 8.75 Å². The Morgan fingerprint density at radius 1 is 0.525 bits per heavy atom. The highest BCUT2D eigenvalue weighted by molar-refractivity contribution is 7.31. The van der Waals surface area contributed by atoms with Crippen LogP contribution in [0.4, 0.5) is 10.1 Å². The number of unbranched alkanes of at least 4 members (excludes halogenated alkanes) is 4. The highest BCUT2D eigenvalue weighted by atomic mass is 32.1. The molecule has 3 heterocycles. The van der Waals surface area contributed by atoms with Gasteiger partial charge in [-0.1, -0.05) is 160 Å². The Kier molecular flexibility index (Phi) is 16.2. The van der Waals surface area contributed by atoms with Crippen LogP contribution in [0, 0.1) is 17.7 Å². The van der Waals surface area contributed by atoms with Gasteiger partial charge in [-0.3, -0.25) is 0 Å². The minimum absolute atomic E-state index is 0.220. The van der Waals surface area contributed by atoms with Crippen molar-refractivity contribution in [1.29, 1.82) is 0 Å². The van der Waals surface area contributed by atoms with Gasteiger partial charge in [-0.05, 0) is 95.7 Å². The topological polar surface area (TPSA) is 29.0 Å². The Bertz CT molecular complexity index is 2380. The number of nitrogens with zero attached hydrogens (tertiary/aromatic N) is 3. The summed E-state index contributed by atoms with van der Waals surface area (Å²) in [6, 6.07) is 30.9. The highest BCUT2D eigenvalue weighted by Gasteiger charge is 2.20. The smallest absolute Gasteiger partial charge is 0.131 e. The normalized spacial score (nSPS) is 12.8. The first-order valence-electron chi connectivity index (χ1n) is 23.4. The molecule has 0 fully saturated rings. The van der Waals surface area contributed by atoms with Crippen molar-refractivity contribution in [2.45, 2.75) is 131 Å². The molecule has 322 valence electrons. The number of hydrogen-bond donors (Lipinski definition) is 0. The zero-order chi connectivity index (χ0) is 42.7. The molecule has 0 aliphatic carbocycles. The Labute approximate surface area is 377 Å². The molecule has 0 saturated heterocycles. The fourth-order valence-electron chi connectivity index (χ4n) is 8.93. The maximum Gasteiger partial charge on any atom is 0.131 e. The summed E-state index contributed by atoms with van der Waals surface area (Å²) in [7, 11) is 0.